The monoisotopic (exact) mass is 409 g/mol. The van der Waals surface area contributed by atoms with E-state index in [4.69, 9.17) is 14.2 Å². The van der Waals surface area contributed by atoms with Gasteiger partial charge in [-0.15, -0.1) is 0 Å². The highest BCUT2D eigenvalue weighted by Crippen LogP contribution is 2.45. The van der Waals surface area contributed by atoms with Crippen molar-refractivity contribution in [3.05, 3.63) is 59.7 Å². The zero-order valence-electron chi connectivity index (χ0n) is 16.6. The second-order valence-electron chi connectivity index (χ2n) is 8.11. The van der Waals surface area contributed by atoms with Crippen molar-refractivity contribution in [3.63, 3.8) is 0 Å². The molecule has 1 spiro atoms. The summed E-state index contributed by atoms with van der Waals surface area (Å²) in [6, 6.07) is 15.1. The summed E-state index contributed by atoms with van der Waals surface area (Å²) in [6.45, 7) is 2.07. The summed E-state index contributed by atoms with van der Waals surface area (Å²) in [5, 5.41) is 9.61. The summed E-state index contributed by atoms with van der Waals surface area (Å²) in [6.07, 6.45) is -0.387. The molecule has 0 bridgehead atoms. The second-order valence-corrected chi connectivity index (χ2v) is 8.11. The third kappa shape index (κ3) is 2.88. The third-order valence-corrected chi connectivity index (χ3v) is 6.28. The predicted octanol–water partition coefficient (Wildman–Crippen LogP) is 3.23. The Morgan fingerprint density at radius 2 is 1.77 bits per heavy atom. The maximum atomic E-state index is 13.1. The number of hydrogen-bond donors (Lipinski definition) is 1. The molecule has 7 nitrogen and oxygen atoms in total. The van der Waals surface area contributed by atoms with E-state index in [1.165, 1.54) is 4.90 Å². The van der Waals surface area contributed by atoms with Gasteiger partial charge in [0.2, 0.25) is 0 Å². The van der Waals surface area contributed by atoms with Gasteiger partial charge in [-0.2, -0.15) is 0 Å². The minimum absolute atomic E-state index is 0.0738. The number of nitrogens with zero attached hydrogens (tertiary/aromatic N) is 1. The number of carbonyl (C=O) groups is 2. The van der Waals surface area contributed by atoms with Crippen molar-refractivity contribution in [2.45, 2.75) is 37.1 Å². The normalized spacial score (nSPS) is 27.3. The molecule has 156 valence electrons. The van der Waals surface area contributed by atoms with Gasteiger partial charge in [0.05, 0.1) is 19.3 Å². The number of ether oxygens (including phenoxy) is 3. The molecule has 3 unspecified atom stereocenters. The van der Waals surface area contributed by atoms with Gasteiger partial charge in [0.1, 0.15) is 6.61 Å². The Kier molecular flexibility index (Phi) is 4.52. The minimum Gasteiger partial charge on any atom is -0.480 e. The van der Waals surface area contributed by atoms with E-state index < -0.39 is 23.8 Å². The molecule has 1 N–H and O–H groups in total. The van der Waals surface area contributed by atoms with Crippen molar-refractivity contribution in [1.29, 1.82) is 0 Å². The van der Waals surface area contributed by atoms with E-state index in [-0.39, 0.29) is 31.8 Å². The summed E-state index contributed by atoms with van der Waals surface area (Å²) >= 11 is 0. The van der Waals surface area contributed by atoms with E-state index >= 15 is 0 Å². The van der Waals surface area contributed by atoms with E-state index in [1.807, 2.05) is 43.3 Å². The lowest BCUT2D eigenvalue weighted by atomic mass is 9.98. The van der Waals surface area contributed by atoms with Crippen LogP contribution in [0.25, 0.3) is 11.1 Å². The van der Waals surface area contributed by atoms with E-state index in [1.54, 1.807) is 0 Å². The van der Waals surface area contributed by atoms with E-state index in [9.17, 15) is 14.7 Å². The second kappa shape index (κ2) is 7.11. The lowest BCUT2D eigenvalue weighted by molar-refractivity contribution is -0.143. The summed E-state index contributed by atoms with van der Waals surface area (Å²) in [5.74, 6) is -1.21. The van der Waals surface area contributed by atoms with Crippen LogP contribution in [-0.2, 0) is 19.0 Å². The predicted molar refractivity (Wildman–Crippen MR) is 107 cm³/mol. The van der Waals surface area contributed by atoms with Crippen molar-refractivity contribution < 1.29 is 28.9 Å². The Bertz CT molecular complexity index is 961. The number of carbonyl (C=O) groups excluding carboxylic acids is 1. The summed E-state index contributed by atoms with van der Waals surface area (Å²) < 4.78 is 17.1. The first-order valence-corrected chi connectivity index (χ1v) is 10.1. The van der Waals surface area contributed by atoms with E-state index in [2.05, 4.69) is 12.1 Å². The van der Waals surface area contributed by atoms with Gasteiger partial charge in [-0.1, -0.05) is 48.5 Å². The first-order chi connectivity index (χ1) is 14.5. The number of carboxylic acid groups (broad SMARTS) is 1. The van der Waals surface area contributed by atoms with Crippen LogP contribution in [-0.4, -0.2) is 59.8 Å². The summed E-state index contributed by atoms with van der Waals surface area (Å²) in [4.78, 5) is 26.1. The maximum Gasteiger partial charge on any atom is 0.413 e. The summed E-state index contributed by atoms with van der Waals surface area (Å²) in [7, 11) is 0. The van der Waals surface area contributed by atoms with Gasteiger partial charge in [-0.25, -0.2) is 9.59 Å². The van der Waals surface area contributed by atoms with Gasteiger partial charge in [0.25, 0.3) is 0 Å². The largest absolute Gasteiger partial charge is 0.480 e. The molecule has 7 heteroatoms. The number of benzene rings is 2. The topological polar surface area (TPSA) is 85.3 Å². The fraction of sp³-hybridized carbons (Fsp3) is 0.391. The molecular weight excluding hydrogens is 386 g/mol. The molecule has 2 fully saturated rings. The quantitative estimate of drug-likeness (QED) is 0.838. The van der Waals surface area contributed by atoms with Crippen molar-refractivity contribution in [3.8, 4) is 11.1 Å². The Morgan fingerprint density at radius 1 is 1.13 bits per heavy atom. The molecule has 2 aromatic rings. The molecular formula is C23H23NO6. The standard InChI is InChI=1S/C23H23NO6/c1-14-10-23(13-29-14)24(20(12-30-23)21(25)26)22(27)28-11-19-17-8-4-2-6-15(17)16-7-3-5-9-18(16)19/h2-9,14,19-20H,10-13H2,1H3,(H,25,26). The molecule has 0 aromatic heterocycles. The van der Waals surface area contributed by atoms with Gasteiger partial charge in [-0.05, 0) is 29.2 Å². The Labute approximate surface area is 174 Å². The van der Waals surface area contributed by atoms with Crippen LogP contribution in [0.15, 0.2) is 48.5 Å². The van der Waals surface area contributed by atoms with Gasteiger partial charge in [0.15, 0.2) is 11.8 Å². The highest BCUT2D eigenvalue weighted by Gasteiger charge is 2.57. The molecule has 0 radical (unpaired) electrons. The number of rotatable bonds is 3. The van der Waals surface area contributed by atoms with Crippen molar-refractivity contribution >= 4 is 12.1 Å². The molecule has 1 aliphatic carbocycles. The first-order valence-electron chi connectivity index (χ1n) is 10.1. The molecule has 3 aliphatic rings. The van der Waals surface area contributed by atoms with Crippen LogP contribution in [0.4, 0.5) is 4.79 Å². The molecule has 30 heavy (non-hydrogen) atoms. The average Bonchev–Trinajstić information content (AvgIpc) is 3.40. The molecule has 2 aromatic carbocycles. The van der Waals surface area contributed by atoms with E-state index in [0.29, 0.717) is 6.42 Å². The van der Waals surface area contributed by atoms with Crippen molar-refractivity contribution in [1.82, 2.24) is 4.90 Å². The Balaban J connectivity index is 1.40. The first kappa shape index (κ1) is 19.1. The zero-order chi connectivity index (χ0) is 20.9. The van der Waals surface area contributed by atoms with Crippen LogP contribution < -0.4 is 0 Å². The third-order valence-electron chi connectivity index (χ3n) is 6.28. The van der Waals surface area contributed by atoms with Gasteiger partial charge in [-0.3, -0.25) is 4.90 Å². The number of hydrogen-bond acceptors (Lipinski definition) is 5. The van der Waals surface area contributed by atoms with Crippen molar-refractivity contribution in [2.75, 3.05) is 19.8 Å². The van der Waals surface area contributed by atoms with Crippen LogP contribution in [0.3, 0.4) is 0 Å². The number of carboxylic acids is 1. The maximum absolute atomic E-state index is 13.1. The summed E-state index contributed by atoms with van der Waals surface area (Å²) in [5.41, 5.74) is 3.40. The van der Waals surface area contributed by atoms with Crippen LogP contribution in [0, 0.1) is 0 Å². The highest BCUT2D eigenvalue weighted by molar-refractivity contribution is 5.82. The molecule has 5 rings (SSSR count). The van der Waals surface area contributed by atoms with E-state index in [0.717, 1.165) is 22.3 Å². The number of amides is 1. The molecule has 0 saturated carbocycles. The molecule has 3 atom stereocenters. The van der Waals surface area contributed by atoms with Crippen LogP contribution in [0.2, 0.25) is 0 Å². The highest BCUT2D eigenvalue weighted by atomic mass is 16.6. The fourth-order valence-electron chi connectivity index (χ4n) is 4.91. The molecule has 2 aliphatic heterocycles. The van der Waals surface area contributed by atoms with Crippen LogP contribution in [0.5, 0.6) is 0 Å². The Hall–Kier alpha value is -2.90. The molecule has 2 saturated heterocycles. The molecule has 2 heterocycles. The minimum atomic E-state index is -1.11. The molecule has 1 amide bonds. The van der Waals surface area contributed by atoms with Gasteiger partial charge >= 0.3 is 12.1 Å². The smallest absolute Gasteiger partial charge is 0.413 e. The SMILES string of the molecule is CC1CC2(CO1)OCC(C(=O)O)N2C(=O)OCC1c2ccccc2-c2ccccc21. The zero-order valence-corrected chi connectivity index (χ0v) is 16.6. The number of aliphatic carboxylic acids is 1. The number of fused-ring (bicyclic) bond motifs is 3. The van der Waals surface area contributed by atoms with Gasteiger partial charge in [0, 0.05) is 12.3 Å². The lowest BCUT2D eigenvalue weighted by Gasteiger charge is -2.33. The van der Waals surface area contributed by atoms with Crippen LogP contribution in [0.1, 0.15) is 30.4 Å². The lowest BCUT2D eigenvalue weighted by Crippen LogP contribution is -2.54. The average molecular weight is 409 g/mol. The van der Waals surface area contributed by atoms with Crippen molar-refractivity contribution in [2.24, 2.45) is 0 Å². The van der Waals surface area contributed by atoms with Gasteiger partial charge < -0.3 is 19.3 Å². The Morgan fingerprint density at radius 3 is 2.33 bits per heavy atom. The van der Waals surface area contributed by atoms with Crippen LogP contribution >= 0.6 is 0 Å². The fourth-order valence-corrected chi connectivity index (χ4v) is 4.91.